The first kappa shape index (κ1) is 16.8. The lowest BCUT2D eigenvalue weighted by Gasteiger charge is -1.99. The van der Waals surface area contributed by atoms with Crippen LogP contribution in [-0.4, -0.2) is 29.5 Å². The number of rotatable bonds is 4. The molecule has 3 rings (SSSR count). The molecule has 2 aromatic rings. The average molecular weight is 353 g/mol. The lowest BCUT2D eigenvalue weighted by atomic mass is 10.2. The van der Waals surface area contributed by atoms with Crippen LogP contribution in [-0.2, 0) is 4.79 Å². The molecule has 1 aliphatic rings. The van der Waals surface area contributed by atoms with Crippen molar-refractivity contribution in [3.05, 3.63) is 64.6 Å². The molecule has 0 aliphatic carbocycles. The number of aromatic hydroxyl groups is 1. The van der Waals surface area contributed by atoms with E-state index in [2.05, 4.69) is 15.5 Å². The molecule has 1 aliphatic heterocycles. The molecule has 0 unspecified atom stereocenters. The molecule has 2 aromatic carbocycles. The second kappa shape index (κ2) is 7.67. The Kier molecular flexibility index (Phi) is 5.15. The molecule has 1 amide bonds. The van der Waals surface area contributed by atoms with Crippen LogP contribution in [0.5, 0.6) is 11.5 Å². The van der Waals surface area contributed by atoms with E-state index in [1.165, 1.54) is 18.0 Å². The van der Waals surface area contributed by atoms with E-state index in [1.807, 2.05) is 24.3 Å². The van der Waals surface area contributed by atoms with E-state index >= 15 is 0 Å². The predicted octanol–water partition coefficient (Wildman–Crippen LogP) is 2.99. The number of hydrogen-bond acceptors (Lipinski definition) is 6. The summed E-state index contributed by atoms with van der Waals surface area (Å²) in [5.41, 5.74) is 1.44. The minimum atomic E-state index is -0.225. The molecule has 7 heteroatoms. The van der Waals surface area contributed by atoms with Crippen molar-refractivity contribution in [2.75, 3.05) is 7.11 Å². The number of para-hydroxylation sites is 1. The van der Waals surface area contributed by atoms with Crippen molar-refractivity contribution in [2.45, 2.75) is 0 Å². The highest BCUT2D eigenvalue weighted by Gasteiger charge is 2.23. The quantitative estimate of drug-likeness (QED) is 0.503. The summed E-state index contributed by atoms with van der Waals surface area (Å²) in [6.07, 6.45) is 3.20. The van der Waals surface area contributed by atoms with Gasteiger partial charge >= 0.3 is 0 Å². The number of amides is 1. The van der Waals surface area contributed by atoms with Crippen LogP contribution in [0.1, 0.15) is 11.1 Å². The molecule has 0 bridgehead atoms. The molecule has 2 N–H and O–H groups in total. The third-order valence-electron chi connectivity index (χ3n) is 3.35. The fourth-order valence-electron chi connectivity index (χ4n) is 2.07. The normalized spacial score (nSPS) is 17.4. The number of nitrogens with one attached hydrogen (secondary N) is 1. The maximum atomic E-state index is 12.0. The third-order valence-corrected chi connectivity index (χ3v) is 4.25. The Labute approximate surface area is 148 Å². The summed E-state index contributed by atoms with van der Waals surface area (Å²) in [6, 6.07) is 14.2. The molecule has 0 radical (unpaired) electrons. The number of phenolic OH excluding ortho intramolecular Hbond substituents is 1. The van der Waals surface area contributed by atoms with Crippen molar-refractivity contribution in [1.29, 1.82) is 0 Å². The SMILES string of the molecule is COc1ccc(C=C2S/C(=N/N=C/c3ccccc3O)NC2=O)cc1. The van der Waals surface area contributed by atoms with Gasteiger partial charge in [-0.1, -0.05) is 24.3 Å². The molecular formula is C18H15N3O3S. The van der Waals surface area contributed by atoms with Gasteiger partial charge in [0, 0.05) is 5.56 Å². The number of carbonyl (C=O) groups excluding carboxylic acids is 1. The molecular weight excluding hydrogens is 338 g/mol. The molecule has 126 valence electrons. The first-order chi connectivity index (χ1) is 12.2. The van der Waals surface area contributed by atoms with Gasteiger partial charge in [-0.05, 0) is 47.7 Å². The molecule has 0 saturated carbocycles. The minimum absolute atomic E-state index is 0.120. The first-order valence-electron chi connectivity index (χ1n) is 7.39. The largest absolute Gasteiger partial charge is 0.507 e. The van der Waals surface area contributed by atoms with Crippen molar-refractivity contribution in [3.63, 3.8) is 0 Å². The van der Waals surface area contributed by atoms with Gasteiger partial charge in [0.05, 0.1) is 18.2 Å². The number of phenols is 1. The highest BCUT2D eigenvalue weighted by molar-refractivity contribution is 8.18. The van der Waals surface area contributed by atoms with Gasteiger partial charge in [-0.2, -0.15) is 5.10 Å². The number of thioether (sulfide) groups is 1. The predicted molar refractivity (Wildman–Crippen MR) is 99.8 cm³/mol. The van der Waals surface area contributed by atoms with Crippen molar-refractivity contribution in [1.82, 2.24) is 5.32 Å². The van der Waals surface area contributed by atoms with Gasteiger partial charge in [0.15, 0.2) is 5.17 Å². The summed E-state index contributed by atoms with van der Waals surface area (Å²) in [5.74, 6) is 0.651. The summed E-state index contributed by atoms with van der Waals surface area (Å²) in [6.45, 7) is 0. The van der Waals surface area contributed by atoms with E-state index in [1.54, 1.807) is 37.5 Å². The number of carbonyl (C=O) groups is 1. The lowest BCUT2D eigenvalue weighted by Crippen LogP contribution is -2.19. The average Bonchev–Trinajstić information content (AvgIpc) is 2.97. The van der Waals surface area contributed by atoms with Crippen LogP contribution in [0.4, 0.5) is 0 Å². The van der Waals surface area contributed by atoms with Crippen molar-refractivity contribution in [2.24, 2.45) is 10.2 Å². The van der Waals surface area contributed by atoms with Crippen molar-refractivity contribution in [3.8, 4) is 11.5 Å². The summed E-state index contributed by atoms with van der Waals surface area (Å²) in [4.78, 5) is 12.5. The van der Waals surface area contributed by atoms with E-state index < -0.39 is 0 Å². The number of benzene rings is 2. The fraction of sp³-hybridized carbons (Fsp3) is 0.0556. The topological polar surface area (TPSA) is 83.3 Å². The molecule has 1 saturated heterocycles. The van der Waals surface area contributed by atoms with E-state index in [-0.39, 0.29) is 11.7 Å². The van der Waals surface area contributed by atoms with Gasteiger partial charge in [-0.15, -0.1) is 5.10 Å². The molecule has 6 nitrogen and oxygen atoms in total. The third kappa shape index (κ3) is 4.27. The molecule has 1 heterocycles. The van der Waals surface area contributed by atoms with Crippen molar-refractivity contribution >= 4 is 35.1 Å². The van der Waals surface area contributed by atoms with Crippen LogP contribution in [0.2, 0.25) is 0 Å². The van der Waals surface area contributed by atoms with Crippen LogP contribution in [0.3, 0.4) is 0 Å². The second-order valence-corrected chi connectivity index (χ2v) is 6.08. The Morgan fingerprint density at radius 2 is 1.92 bits per heavy atom. The van der Waals surface area contributed by atoms with Crippen molar-refractivity contribution < 1.29 is 14.6 Å². The van der Waals surface area contributed by atoms with Gasteiger partial charge in [0.2, 0.25) is 0 Å². The Morgan fingerprint density at radius 3 is 2.64 bits per heavy atom. The smallest absolute Gasteiger partial charge is 0.264 e. The monoisotopic (exact) mass is 353 g/mol. The highest BCUT2D eigenvalue weighted by Crippen LogP contribution is 2.26. The Balaban J connectivity index is 1.71. The Morgan fingerprint density at radius 1 is 1.16 bits per heavy atom. The first-order valence-corrected chi connectivity index (χ1v) is 8.21. The van der Waals surface area contributed by atoms with E-state index in [0.29, 0.717) is 15.6 Å². The fourth-order valence-corrected chi connectivity index (χ4v) is 2.85. The van der Waals surface area contributed by atoms with Crippen LogP contribution in [0, 0.1) is 0 Å². The second-order valence-electron chi connectivity index (χ2n) is 5.05. The maximum absolute atomic E-state index is 12.0. The lowest BCUT2D eigenvalue weighted by molar-refractivity contribution is -0.115. The van der Waals surface area contributed by atoms with Crippen LogP contribution < -0.4 is 10.1 Å². The van der Waals surface area contributed by atoms with Gasteiger partial charge in [-0.3, -0.25) is 10.1 Å². The number of nitrogens with zero attached hydrogens (tertiary/aromatic N) is 2. The maximum Gasteiger partial charge on any atom is 0.264 e. The van der Waals surface area contributed by atoms with Crippen LogP contribution in [0.25, 0.3) is 6.08 Å². The highest BCUT2D eigenvalue weighted by atomic mass is 32.2. The summed E-state index contributed by atoms with van der Waals surface area (Å²) < 4.78 is 5.11. The summed E-state index contributed by atoms with van der Waals surface area (Å²) >= 11 is 1.21. The van der Waals surface area contributed by atoms with E-state index in [9.17, 15) is 9.90 Å². The summed E-state index contributed by atoms with van der Waals surface area (Å²) in [5, 5.41) is 20.6. The van der Waals surface area contributed by atoms with Gasteiger partial charge in [0.25, 0.3) is 5.91 Å². The number of ether oxygens (including phenoxy) is 1. The zero-order chi connectivity index (χ0) is 17.6. The van der Waals surface area contributed by atoms with Gasteiger partial charge < -0.3 is 9.84 Å². The van der Waals surface area contributed by atoms with Gasteiger partial charge in [0.1, 0.15) is 11.5 Å². The number of methoxy groups -OCH3 is 1. The molecule has 1 fully saturated rings. The van der Waals surface area contributed by atoms with E-state index in [0.717, 1.165) is 11.3 Å². The van der Waals surface area contributed by atoms with Crippen LogP contribution >= 0.6 is 11.8 Å². The Bertz CT molecular complexity index is 873. The zero-order valence-electron chi connectivity index (χ0n) is 13.3. The van der Waals surface area contributed by atoms with E-state index in [4.69, 9.17) is 4.74 Å². The molecule has 0 aromatic heterocycles. The minimum Gasteiger partial charge on any atom is -0.507 e. The molecule has 0 atom stereocenters. The zero-order valence-corrected chi connectivity index (χ0v) is 14.2. The molecule has 0 spiro atoms. The number of amidine groups is 1. The van der Waals surface area contributed by atoms with Gasteiger partial charge in [-0.25, -0.2) is 0 Å². The summed E-state index contributed by atoms with van der Waals surface area (Å²) in [7, 11) is 1.60. The molecule has 25 heavy (non-hydrogen) atoms. The standard InChI is InChI=1S/C18H15N3O3S/c1-24-14-8-6-12(7-9-14)10-16-17(23)20-18(25-16)21-19-11-13-4-2-3-5-15(13)22/h2-11,22H,1H3,(H,20,21,23)/b16-10?,19-11+. The number of hydrogen-bond donors (Lipinski definition) is 2. The Hall–Kier alpha value is -3.06. The van der Waals surface area contributed by atoms with Crippen LogP contribution in [0.15, 0.2) is 63.6 Å².